The molecule has 0 aliphatic rings. The SMILES string of the molecule is Cc1cc(N)cc(Oc2ccc(OC(F)(F)F)cc2)c1. The zero-order valence-corrected chi connectivity index (χ0v) is 10.6. The number of anilines is 1. The zero-order valence-electron chi connectivity index (χ0n) is 10.6. The maximum Gasteiger partial charge on any atom is 0.573 e. The first-order valence-corrected chi connectivity index (χ1v) is 5.73. The average molecular weight is 283 g/mol. The minimum atomic E-state index is -4.70. The van der Waals surface area contributed by atoms with Crippen molar-refractivity contribution >= 4 is 5.69 Å². The van der Waals surface area contributed by atoms with Crippen molar-refractivity contribution in [2.75, 3.05) is 5.73 Å². The summed E-state index contributed by atoms with van der Waals surface area (Å²) in [6, 6.07) is 10.3. The topological polar surface area (TPSA) is 44.5 Å². The lowest BCUT2D eigenvalue weighted by molar-refractivity contribution is -0.274. The highest BCUT2D eigenvalue weighted by Crippen LogP contribution is 2.28. The number of aryl methyl sites for hydroxylation is 1. The highest BCUT2D eigenvalue weighted by molar-refractivity contribution is 5.48. The van der Waals surface area contributed by atoms with Crippen molar-refractivity contribution < 1.29 is 22.6 Å². The molecular formula is C14H12F3NO2. The molecule has 2 aromatic carbocycles. The maximum atomic E-state index is 12.0. The maximum absolute atomic E-state index is 12.0. The Hall–Kier alpha value is -2.37. The lowest BCUT2D eigenvalue weighted by Gasteiger charge is -2.10. The highest BCUT2D eigenvalue weighted by Gasteiger charge is 2.30. The fourth-order valence-corrected chi connectivity index (χ4v) is 1.68. The van der Waals surface area contributed by atoms with Gasteiger partial charge in [-0.2, -0.15) is 0 Å². The van der Waals surface area contributed by atoms with E-state index in [9.17, 15) is 13.2 Å². The molecule has 0 bridgehead atoms. The quantitative estimate of drug-likeness (QED) is 0.856. The summed E-state index contributed by atoms with van der Waals surface area (Å²) in [6.45, 7) is 1.86. The van der Waals surface area contributed by atoms with Crippen molar-refractivity contribution in [3.8, 4) is 17.2 Å². The molecule has 0 atom stereocenters. The second-order valence-corrected chi connectivity index (χ2v) is 4.20. The lowest BCUT2D eigenvalue weighted by atomic mass is 10.2. The Balaban J connectivity index is 2.10. The van der Waals surface area contributed by atoms with Gasteiger partial charge in [0.1, 0.15) is 17.2 Å². The van der Waals surface area contributed by atoms with Crippen LogP contribution in [-0.4, -0.2) is 6.36 Å². The molecule has 0 unspecified atom stereocenters. The number of halogens is 3. The summed E-state index contributed by atoms with van der Waals surface area (Å²) in [5.41, 5.74) is 7.16. The van der Waals surface area contributed by atoms with E-state index in [1.165, 1.54) is 24.3 Å². The molecule has 6 heteroatoms. The van der Waals surface area contributed by atoms with Crippen LogP contribution in [0.1, 0.15) is 5.56 Å². The van der Waals surface area contributed by atoms with Crippen LogP contribution >= 0.6 is 0 Å². The van der Waals surface area contributed by atoms with Crippen LogP contribution < -0.4 is 15.2 Å². The Morgan fingerprint density at radius 3 is 2.05 bits per heavy atom. The highest BCUT2D eigenvalue weighted by atomic mass is 19.4. The van der Waals surface area contributed by atoms with Crippen LogP contribution in [0.5, 0.6) is 17.2 Å². The van der Waals surface area contributed by atoms with E-state index >= 15 is 0 Å². The molecule has 0 heterocycles. The van der Waals surface area contributed by atoms with E-state index in [4.69, 9.17) is 10.5 Å². The van der Waals surface area contributed by atoms with Gasteiger partial charge in [0.2, 0.25) is 0 Å². The van der Waals surface area contributed by atoms with Crippen LogP contribution in [-0.2, 0) is 0 Å². The van der Waals surface area contributed by atoms with E-state index < -0.39 is 6.36 Å². The molecule has 0 saturated heterocycles. The summed E-state index contributed by atoms with van der Waals surface area (Å²) < 4.78 is 45.3. The number of ether oxygens (including phenoxy) is 2. The number of alkyl halides is 3. The molecule has 0 radical (unpaired) electrons. The number of rotatable bonds is 3. The van der Waals surface area contributed by atoms with Crippen LogP contribution in [0.3, 0.4) is 0 Å². The van der Waals surface area contributed by atoms with Gasteiger partial charge in [0, 0.05) is 11.8 Å². The lowest BCUT2D eigenvalue weighted by Crippen LogP contribution is -2.16. The van der Waals surface area contributed by atoms with Gasteiger partial charge in [-0.3, -0.25) is 0 Å². The molecule has 106 valence electrons. The third kappa shape index (κ3) is 4.08. The summed E-state index contributed by atoms with van der Waals surface area (Å²) >= 11 is 0. The minimum absolute atomic E-state index is 0.298. The van der Waals surface area contributed by atoms with E-state index in [2.05, 4.69) is 4.74 Å². The van der Waals surface area contributed by atoms with Crippen molar-refractivity contribution in [3.05, 3.63) is 48.0 Å². The predicted molar refractivity (Wildman–Crippen MR) is 68.8 cm³/mol. The number of hydrogen-bond acceptors (Lipinski definition) is 3. The first-order chi connectivity index (χ1) is 9.32. The molecular weight excluding hydrogens is 271 g/mol. The van der Waals surface area contributed by atoms with E-state index in [-0.39, 0.29) is 5.75 Å². The largest absolute Gasteiger partial charge is 0.573 e. The van der Waals surface area contributed by atoms with E-state index in [0.717, 1.165) is 5.56 Å². The molecule has 20 heavy (non-hydrogen) atoms. The van der Waals surface area contributed by atoms with Crippen LogP contribution in [0.25, 0.3) is 0 Å². The first-order valence-electron chi connectivity index (χ1n) is 5.73. The molecule has 2 N–H and O–H groups in total. The first kappa shape index (κ1) is 14.0. The van der Waals surface area contributed by atoms with Gasteiger partial charge in [0.15, 0.2) is 0 Å². The molecule has 3 nitrogen and oxygen atoms in total. The molecule has 0 fully saturated rings. The van der Waals surface area contributed by atoms with Gasteiger partial charge in [-0.05, 0) is 48.9 Å². The Labute approximate surface area is 113 Å². The Kier molecular flexibility index (Phi) is 3.74. The second kappa shape index (κ2) is 5.32. The van der Waals surface area contributed by atoms with Gasteiger partial charge in [-0.25, -0.2) is 0 Å². The summed E-state index contributed by atoms with van der Waals surface area (Å²) in [5.74, 6) is 0.616. The van der Waals surface area contributed by atoms with E-state index in [0.29, 0.717) is 17.2 Å². The molecule has 0 saturated carbocycles. The minimum Gasteiger partial charge on any atom is -0.457 e. The molecule has 0 spiro atoms. The van der Waals surface area contributed by atoms with Crippen LogP contribution in [0.15, 0.2) is 42.5 Å². The van der Waals surface area contributed by atoms with Crippen molar-refractivity contribution in [2.45, 2.75) is 13.3 Å². The predicted octanol–water partition coefficient (Wildman–Crippen LogP) is 4.27. The van der Waals surface area contributed by atoms with Crippen LogP contribution in [0.4, 0.5) is 18.9 Å². The van der Waals surface area contributed by atoms with Crippen molar-refractivity contribution in [1.82, 2.24) is 0 Å². The van der Waals surface area contributed by atoms with Gasteiger partial charge in [-0.1, -0.05) is 0 Å². The fraction of sp³-hybridized carbons (Fsp3) is 0.143. The summed E-state index contributed by atoms with van der Waals surface area (Å²) in [6.07, 6.45) is -4.70. The monoisotopic (exact) mass is 283 g/mol. The van der Waals surface area contributed by atoms with Crippen molar-refractivity contribution in [3.63, 3.8) is 0 Å². The average Bonchev–Trinajstić information content (AvgIpc) is 2.28. The van der Waals surface area contributed by atoms with E-state index in [1.54, 1.807) is 18.2 Å². The summed E-state index contributed by atoms with van der Waals surface area (Å²) in [5, 5.41) is 0. The van der Waals surface area contributed by atoms with Gasteiger partial charge in [0.25, 0.3) is 0 Å². The molecule has 0 aliphatic heterocycles. The number of benzene rings is 2. The molecule has 2 aromatic rings. The fourth-order valence-electron chi connectivity index (χ4n) is 1.68. The van der Waals surface area contributed by atoms with Crippen LogP contribution in [0, 0.1) is 6.92 Å². The van der Waals surface area contributed by atoms with Crippen molar-refractivity contribution in [1.29, 1.82) is 0 Å². The number of nitrogens with two attached hydrogens (primary N) is 1. The number of nitrogen functional groups attached to an aromatic ring is 1. The van der Waals surface area contributed by atoms with Crippen LogP contribution in [0.2, 0.25) is 0 Å². The Bertz CT molecular complexity index is 574. The standard InChI is InChI=1S/C14H12F3NO2/c1-9-6-10(18)8-13(7-9)19-11-2-4-12(5-3-11)20-14(15,16)17/h2-8H,18H2,1H3. The second-order valence-electron chi connectivity index (χ2n) is 4.20. The normalized spacial score (nSPS) is 11.2. The summed E-state index contributed by atoms with van der Waals surface area (Å²) in [7, 11) is 0. The van der Waals surface area contributed by atoms with Gasteiger partial charge < -0.3 is 15.2 Å². The van der Waals surface area contributed by atoms with Gasteiger partial charge in [-0.15, -0.1) is 13.2 Å². The van der Waals surface area contributed by atoms with Crippen molar-refractivity contribution in [2.24, 2.45) is 0 Å². The number of hydrogen-bond donors (Lipinski definition) is 1. The van der Waals surface area contributed by atoms with Gasteiger partial charge >= 0.3 is 6.36 Å². The third-order valence-electron chi connectivity index (χ3n) is 2.37. The Morgan fingerprint density at radius 1 is 0.900 bits per heavy atom. The zero-order chi connectivity index (χ0) is 14.8. The Morgan fingerprint density at radius 2 is 1.50 bits per heavy atom. The molecule has 0 aromatic heterocycles. The molecule has 2 rings (SSSR count). The van der Waals surface area contributed by atoms with E-state index in [1.807, 2.05) is 6.92 Å². The smallest absolute Gasteiger partial charge is 0.457 e. The molecule has 0 amide bonds. The summed E-state index contributed by atoms with van der Waals surface area (Å²) in [4.78, 5) is 0. The molecule has 0 aliphatic carbocycles. The third-order valence-corrected chi connectivity index (χ3v) is 2.37. The van der Waals surface area contributed by atoms with Gasteiger partial charge in [0.05, 0.1) is 0 Å².